The molecule has 0 bridgehead atoms. The van der Waals surface area contributed by atoms with Crippen molar-refractivity contribution in [1.29, 1.82) is 0 Å². The van der Waals surface area contributed by atoms with Gasteiger partial charge in [0.2, 0.25) is 5.95 Å². The van der Waals surface area contributed by atoms with Gasteiger partial charge in [0.1, 0.15) is 0 Å². The number of halogens is 1. The number of amides is 1. The van der Waals surface area contributed by atoms with Crippen molar-refractivity contribution in [2.45, 2.75) is 9.79 Å². The third-order valence-corrected chi connectivity index (χ3v) is 5.61. The van der Waals surface area contributed by atoms with Gasteiger partial charge in [-0.25, -0.2) is 13.1 Å². The van der Waals surface area contributed by atoms with Crippen LogP contribution in [0.5, 0.6) is 0 Å². The van der Waals surface area contributed by atoms with Crippen LogP contribution in [0, 0.1) is 0 Å². The van der Waals surface area contributed by atoms with E-state index in [0.29, 0.717) is 0 Å². The predicted molar refractivity (Wildman–Crippen MR) is 83.6 cm³/mol. The van der Waals surface area contributed by atoms with Gasteiger partial charge in [-0.15, -0.1) is 0 Å². The maximum absolute atomic E-state index is 12.3. The second kappa shape index (κ2) is 6.34. The summed E-state index contributed by atoms with van der Waals surface area (Å²) in [5.74, 6) is -0.572. The molecule has 1 amide bonds. The molecule has 1 heterocycles. The lowest BCUT2D eigenvalue weighted by Crippen LogP contribution is -2.17. The molecule has 0 aliphatic heterocycles. The topological polar surface area (TPSA) is 124 Å². The van der Waals surface area contributed by atoms with Crippen molar-refractivity contribution in [2.75, 3.05) is 17.8 Å². The molecule has 124 valence electrons. The van der Waals surface area contributed by atoms with Crippen LogP contribution in [0.4, 0.5) is 5.95 Å². The molecule has 1 aromatic heterocycles. The first-order valence-electron chi connectivity index (χ1n) is 6.02. The van der Waals surface area contributed by atoms with Crippen molar-refractivity contribution in [1.82, 2.24) is 20.2 Å². The lowest BCUT2D eigenvalue weighted by molar-refractivity contribution is 0.102. The monoisotopic (exact) mass is 377 g/mol. The molecule has 0 spiro atoms. The molecule has 9 nitrogen and oxygen atoms in total. The van der Waals surface area contributed by atoms with E-state index in [1.54, 1.807) is 0 Å². The van der Waals surface area contributed by atoms with Gasteiger partial charge < -0.3 is 0 Å². The summed E-state index contributed by atoms with van der Waals surface area (Å²) in [6.45, 7) is 0. The zero-order chi connectivity index (χ0) is 17.4. The van der Waals surface area contributed by atoms with Crippen LogP contribution in [0.3, 0.4) is 0 Å². The van der Waals surface area contributed by atoms with Crippen LogP contribution in [0.25, 0.3) is 0 Å². The number of aromatic nitrogens is 4. The van der Waals surface area contributed by atoms with E-state index in [1.807, 2.05) is 0 Å². The molecule has 0 aliphatic rings. The molecule has 1 unspecified atom stereocenters. The lowest BCUT2D eigenvalue weighted by Gasteiger charge is -2.11. The number of hydrogen-bond acceptors (Lipinski definition) is 7. The summed E-state index contributed by atoms with van der Waals surface area (Å²) in [5, 5.41) is 12.8. The number of carbonyl (C=O) groups is 1. The van der Waals surface area contributed by atoms with Gasteiger partial charge in [0.15, 0.2) is 9.84 Å². The zero-order valence-corrected chi connectivity index (χ0v) is 14.7. The molecule has 0 fully saturated rings. The lowest BCUT2D eigenvalue weighted by atomic mass is 10.2. The van der Waals surface area contributed by atoms with Gasteiger partial charge in [-0.2, -0.15) is 0 Å². The first kappa shape index (κ1) is 17.5. The molecule has 2 aromatic rings. The SMILES string of the molecule is Cn1nnnc1NC(=O)c1ccc(S(C)(=O)=O)c(S(C)=O)c1Cl. The van der Waals surface area contributed by atoms with Crippen molar-refractivity contribution >= 4 is 44.1 Å². The molecule has 1 atom stereocenters. The molecule has 0 aliphatic carbocycles. The van der Waals surface area contributed by atoms with Crippen LogP contribution >= 0.6 is 11.6 Å². The van der Waals surface area contributed by atoms with Crippen LogP contribution in [0.2, 0.25) is 5.02 Å². The average Bonchev–Trinajstić information content (AvgIpc) is 2.82. The molecule has 12 heteroatoms. The Balaban J connectivity index is 2.53. The summed E-state index contributed by atoms with van der Waals surface area (Å²) in [5.41, 5.74) is -0.0349. The van der Waals surface area contributed by atoms with Crippen LogP contribution in [-0.4, -0.2) is 51.3 Å². The molecule has 23 heavy (non-hydrogen) atoms. The van der Waals surface area contributed by atoms with E-state index in [2.05, 4.69) is 20.8 Å². The number of sulfone groups is 1. The number of aryl methyl sites for hydroxylation is 1. The second-order valence-corrected chi connectivity index (χ2v) is 8.24. The summed E-state index contributed by atoms with van der Waals surface area (Å²) in [4.78, 5) is 12.0. The van der Waals surface area contributed by atoms with Crippen molar-refractivity contribution in [3.63, 3.8) is 0 Å². The van der Waals surface area contributed by atoms with Crippen LogP contribution in [0.1, 0.15) is 10.4 Å². The van der Waals surface area contributed by atoms with E-state index in [9.17, 15) is 17.4 Å². The van der Waals surface area contributed by atoms with E-state index >= 15 is 0 Å². The Morgan fingerprint density at radius 1 is 1.39 bits per heavy atom. The smallest absolute Gasteiger partial charge is 0.259 e. The maximum atomic E-state index is 12.3. The van der Waals surface area contributed by atoms with E-state index in [0.717, 1.165) is 6.26 Å². The summed E-state index contributed by atoms with van der Waals surface area (Å²) in [7, 11) is -3.83. The van der Waals surface area contributed by atoms with Crippen molar-refractivity contribution in [3.05, 3.63) is 22.7 Å². The van der Waals surface area contributed by atoms with E-state index in [1.165, 1.54) is 30.1 Å². The van der Waals surface area contributed by atoms with Crippen LogP contribution in [-0.2, 0) is 27.7 Å². The average molecular weight is 378 g/mol. The number of anilines is 1. The van der Waals surface area contributed by atoms with Gasteiger partial charge in [-0.3, -0.25) is 14.3 Å². The summed E-state index contributed by atoms with van der Waals surface area (Å²) >= 11 is 6.11. The first-order valence-corrected chi connectivity index (χ1v) is 9.85. The van der Waals surface area contributed by atoms with Crippen molar-refractivity contribution in [2.24, 2.45) is 7.05 Å². The van der Waals surface area contributed by atoms with Crippen molar-refractivity contribution in [3.8, 4) is 0 Å². The Hall–Kier alpha value is -1.85. The number of carbonyl (C=O) groups excluding carboxylic acids is 1. The molecule has 0 saturated carbocycles. The summed E-state index contributed by atoms with van der Waals surface area (Å²) < 4.78 is 36.6. The molecular weight excluding hydrogens is 366 g/mol. The summed E-state index contributed by atoms with van der Waals surface area (Å²) in [6.07, 6.45) is 2.25. The Morgan fingerprint density at radius 2 is 2.04 bits per heavy atom. The minimum absolute atomic E-state index is 0.0349. The van der Waals surface area contributed by atoms with Gasteiger partial charge in [0, 0.05) is 19.6 Å². The van der Waals surface area contributed by atoms with Gasteiger partial charge in [0.05, 0.1) is 31.2 Å². The molecule has 1 N–H and O–H groups in total. The quantitative estimate of drug-likeness (QED) is 0.810. The molecule has 1 aromatic carbocycles. The van der Waals surface area contributed by atoms with Gasteiger partial charge in [-0.1, -0.05) is 16.7 Å². The number of nitrogens with zero attached hydrogens (tertiary/aromatic N) is 4. The molecule has 2 rings (SSSR count). The minimum Gasteiger partial charge on any atom is -0.289 e. The normalized spacial score (nSPS) is 12.9. The Kier molecular flexibility index (Phi) is 4.82. The Bertz CT molecular complexity index is 909. The fourth-order valence-electron chi connectivity index (χ4n) is 1.78. The number of nitrogens with one attached hydrogen (secondary N) is 1. The highest BCUT2D eigenvalue weighted by Gasteiger charge is 2.24. The highest BCUT2D eigenvalue weighted by atomic mass is 35.5. The highest BCUT2D eigenvalue weighted by Crippen LogP contribution is 2.30. The fourth-order valence-corrected chi connectivity index (χ4v) is 4.68. The molecule has 0 saturated heterocycles. The number of tetrazole rings is 1. The predicted octanol–water partition coefficient (Wildman–Crippen LogP) is 0.257. The van der Waals surface area contributed by atoms with Gasteiger partial charge >= 0.3 is 0 Å². The summed E-state index contributed by atoms with van der Waals surface area (Å²) in [6, 6.07) is 2.44. The largest absolute Gasteiger partial charge is 0.289 e. The van der Waals surface area contributed by atoms with Crippen molar-refractivity contribution < 1.29 is 17.4 Å². The van der Waals surface area contributed by atoms with E-state index < -0.39 is 26.5 Å². The third-order valence-electron chi connectivity index (χ3n) is 2.84. The first-order chi connectivity index (χ1) is 10.6. The van der Waals surface area contributed by atoms with Gasteiger partial charge in [-0.05, 0) is 22.6 Å². The second-order valence-electron chi connectivity index (χ2n) is 4.56. The Morgan fingerprint density at radius 3 is 2.52 bits per heavy atom. The number of benzene rings is 1. The number of rotatable bonds is 4. The Labute approximate surface area is 139 Å². The highest BCUT2D eigenvalue weighted by molar-refractivity contribution is 7.92. The van der Waals surface area contributed by atoms with E-state index in [-0.39, 0.29) is 26.3 Å². The standard InChI is InChI=1S/C11H12ClN5O4S2/c1-17-11(14-15-16-17)13-10(18)6-4-5-7(23(3,20)21)9(8(6)12)22(2)19/h4-5H,1-3H3,(H,13,14,16,18). The molecule has 0 radical (unpaired) electrons. The molecular formula is C11H12ClN5O4S2. The third kappa shape index (κ3) is 3.57. The fraction of sp³-hybridized carbons (Fsp3) is 0.273. The minimum atomic E-state index is -3.65. The number of hydrogen-bond donors (Lipinski definition) is 1. The van der Waals surface area contributed by atoms with E-state index in [4.69, 9.17) is 11.6 Å². The zero-order valence-electron chi connectivity index (χ0n) is 12.3. The maximum Gasteiger partial charge on any atom is 0.259 e. The van der Waals surface area contributed by atoms with Crippen LogP contribution < -0.4 is 5.32 Å². The van der Waals surface area contributed by atoms with Crippen LogP contribution in [0.15, 0.2) is 21.9 Å². The van der Waals surface area contributed by atoms with Gasteiger partial charge in [0.25, 0.3) is 5.91 Å².